The third-order valence-corrected chi connectivity index (χ3v) is 3.09. The zero-order chi connectivity index (χ0) is 11.7. The Labute approximate surface area is 99.2 Å². The first-order chi connectivity index (χ1) is 7.61. The van der Waals surface area contributed by atoms with Crippen molar-refractivity contribution in [1.82, 2.24) is 14.8 Å². The van der Waals surface area contributed by atoms with E-state index in [1.54, 1.807) is 30.1 Å². The molecule has 0 unspecified atom stereocenters. The van der Waals surface area contributed by atoms with Gasteiger partial charge in [0.15, 0.2) is 5.82 Å². The summed E-state index contributed by atoms with van der Waals surface area (Å²) in [6.07, 6.45) is 4.57. The van der Waals surface area contributed by atoms with Gasteiger partial charge in [0.1, 0.15) is 6.20 Å². The number of aromatic nitrogens is 3. The Hall–Kier alpha value is -1.76. The molecule has 0 atom stereocenters. The maximum atomic E-state index is 10.7. The molecule has 7 heteroatoms. The lowest BCUT2D eigenvalue weighted by molar-refractivity contribution is -0.385. The molecule has 0 N–H and O–H groups in total. The minimum atomic E-state index is -0.458. The van der Waals surface area contributed by atoms with Crippen LogP contribution in [0.15, 0.2) is 29.1 Å². The molecule has 0 fully saturated rings. The third-order valence-electron chi connectivity index (χ3n) is 2.14. The van der Waals surface area contributed by atoms with Crippen LogP contribution in [0.3, 0.4) is 0 Å². The quantitative estimate of drug-likeness (QED) is 0.625. The Kier molecular flexibility index (Phi) is 2.69. The third kappa shape index (κ3) is 1.69. The van der Waals surface area contributed by atoms with Gasteiger partial charge < -0.3 is 0 Å². The van der Waals surface area contributed by atoms with E-state index in [-0.39, 0.29) is 5.69 Å². The van der Waals surface area contributed by atoms with E-state index in [0.717, 1.165) is 0 Å². The molecular formula is C9H7BrN4O2. The molecule has 2 rings (SSSR count). The van der Waals surface area contributed by atoms with E-state index in [1.165, 1.54) is 6.20 Å². The Balaban J connectivity index is 2.60. The first-order valence-corrected chi connectivity index (χ1v) is 5.20. The fourth-order valence-electron chi connectivity index (χ4n) is 1.29. The van der Waals surface area contributed by atoms with Gasteiger partial charge in [-0.05, 0) is 28.9 Å². The molecule has 6 nitrogen and oxygen atoms in total. The topological polar surface area (TPSA) is 73.8 Å². The van der Waals surface area contributed by atoms with E-state index in [2.05, 4.69) is 26.0 Å². The maximum absolute atomic E-state index is 10.7. The molecule has 0 spiro atoms. The van der Waals surface area contributed by atoms with E-state index >= 15 is 0 Å². The van der Waals surface area contributed by atoms with E-state index in [0.29, 0.717) is 15.9 Å². The molecule has 0 aliphatic heterocycles. The summed E-state index contributed by atoms with van der Waals surface area (Å²) >= 11 is 3.29. The second kappa shape index (κ2) is 4.01. The largest absolute Gasteiger partial charge is 0.291 e. The normalized spacial score (nSPS) is 10.4. The zero-order valence-electron chi connectivity index (χ0n) is 8.29. The Morgan fingerprint density at radius 2 is 2.31 bits per heavy atom. The van der Waals surface area contributed by atoms with Crippen LogP contribution in [0.5, 0.6) is 0 Å². The van der Waals surface area contributed by atoms with Gasteiger partial charge in [0, 0.05) is 18.0 Å². The molecule has 0 aliphatic rings. The van der Waals surface area contributed by atoms with E-state index in [9.17, 15) is 10.1 Å². The van der Waals surface area contributed by atoms with E-state index in [4.69, 9.17) is 0 Å². The Morgan fingerprint density at radius 3 is 2.88 bits per heavy atom. The highest BCUT2D eigenvalue weighted by atomic mass is 79.9. The summed E-state index contributed by atoms with van der Waals surface area (Å²) in [5, 5.41) is 14.7. The molecule has 2 aromatic rings. The highest BCUT2D eigenvalue weighted by Crippen LogP contribution is 2.28. The number of hydrogen-bond acceptors (Lipinski definition) is 4. The average molecular weight is 283 g/mol. The summed E-state index contributed by atoms with van der Waals surface area (Å²) in [5.41, 5.74) is 0.522. The lowest BCUT2D eigenvalue weighted by Gasteiger charge is -2.06. The number of halogens is 1. The van der Waals surface area contributed by atoms with Crippen molar-refractivity contribution in [2.24, 2.45) is 0 Å². The predicted molar refractivity (Wildman–Crippen MR) is 60.5 cm³/mol. The lowest BCUT2D eigenvalue weighted by atomic mass is 10.2. The number of nitro groups is 1. The summed E-state index contributed by atoms with van der Waals surface area (Å²) in [6, 6.07) is 1.75. The van der Waals surface area contributed by atoms with Gasteiger partial charge in [0.05, 0.1) is 9.40 Å². The molecule has 2 heterocycles. The zero-order valence-corrected chi connectivity index (χ0v) is 9.88. The monoisotopic (exact) mass is 282 g/mol. The van der Waals surface area contributed by atoms with Crippen LogP contribution in [0.25, 0.3) is 5.82 Å². The van der Waals surface area contributed by atoms with Crippen LogP contribution in [0.1, 0.15) is 5.56 Å². The maximum Gasteiger partial charge on any atom is 0.291 e. The van der Waals surface area contributed by atoms with Crippen molar-refractivity contribution in [1.29, 1.82) is 0 Å². The fraction of sp³-hybridized carbons (Fsp3) is 0.111. The summed E-state index contributed by atoms with van der Waals surface area (Å²) in [4.78, 5) is 14.3. The minimum absolute atomic E-state index is 0.0113. The van der Waals surface area contributed by atoms with Gasteiger partial charge in [-0.1, -0.05) is 0 Å². The van der Waals surface area contributed by atoms with Crippen molar-refractivity contribution in [3.05, 3.63) is 44.8 Å². The molecule has 0 aromatic carbocycles. The summed E-state index contributed by atoms with van der Waals surface area (Å²) in [6.45, 7) is 1.66. The first-order valence-electron chi connectivity index (χ1n) is 4.40. The number of nitrogens with zero attached hydrogens (tertiary/aromatic N) is 4. The number of rotatable bonds is 2. The molecule has 0 bridgehead atoms. The molecule has 0 saturated carbocycles. The standard InChI is InChI=1S/C9H7BrN4O2/c1-6-7(14(15)16)5-11-9(8(6)10)13-4-2-3-12-13/h2-5H,1H3. The van der Waals surface area contributed by atoms with Crippen LogP contribution in [-0.2, 0) is 0 Å². The van der Waals surface area contributed by atoms with Crippen molar-refractivity contribution >= 4 is 21.6 Å². The van der Waals surface area contributed by atoms with Crippen molar-refractivity contribution in [2.45, 2.75) is 6.92 Å². The molecule has 2 aromatic heterocycles. The van der Waals surface area contributed by atoms with Gasteiger partial charge in [-0.3, -0.25) is 10.1 Å². The van der Waals surface area contributed by atoms with Gasteiger partial charge in [0.25, 0.3) is 5.69 Å². The van der Waals surface area contributed by atoms with Gasteiger partial charge in [-0.15, -0.1) is 0 Å². The van der Waals surface area contributed by atoms with Crippen molar-refractivity contribution in [3.63, 3.8) is 0 Å². The first kappa shape index (κ1) is 10.7. The number of pyridine rings is 1. The molecule has 82 valence electrons. The second-order valence-corrected chi connectivity index (χ2v) is 3.91. The van der Waals surface area contributed by atoms with Gasteiger partial charge in [-0.25, -0.2) is 9.67 Å². The minimum Gasteiger partial charge on any atom is -0.258 e. The van der Waals surface area contributed by atoms with Gasteiger partial charge in [-0.2, -0.15) is 5.10 Å². The van der Waals surface area contributed by atoms with Crippen molar-refractivity contribution in [3.8, 4) is 5.82 Å². The smallest absolute Gasteiger partial charge is 0.258 e. The molecule has 0 aliphatic carbocycles. The fourth-order valence-corrected chi connectivity index (χ4v) is 1.78. The summed E-state index contributed by atoms with van der Waals surface area (Å²) in [7, 11) is 0. The van der Waals surface area contributed by atoms with Crippen LogP contribution >= 0.6 is 15.9 Å². The van der Waals surface area contributed by atoms with Crippen molar-refractivity contribution < 1.29 is 4.92 Å². The van der Waals surface area contributed by atoms with Gasteiger partial charge in [0.2, 0.25) is 0 Å². The SMILES string of the molecule is Cc1c([N+](=O)[O-])cnc(-n2cccn2)c1Br. The Morgan fingerprint density at radius 1 is 1.56 bits per heavy atom. The van der Waals surface area contributed by atoms with Crippen LogP contribution in [-0.4, -0.2) is 19.7 Å². The molecule has 0 amide bonds. The van der Waals surface area contributed by atoms with Crippen LogP contribution < -0.4 is 0 Å². The highest BCUT2D eigenvalue weighted by Gasteiger charge is 2.17. The van der Waals surface area contributed by atoms with Crippen LogP contribution in [0.4, 0.5) is 5.69 Å². The molecule has 0 saturated heterocycles. The van der Waals surface area contributed by atoms with E-state index < -0.39 is 4.92 Å². The van der Waals surface area contributed by atoms with Crippen LogP contribution in [0, 0.1) is 17.0 Å². The van der Waals surface area contributed by atoms with Crippen LogP contribution in [0.2, 0.25) is 0 Å². The highest BCUT2D eigenvalue weighted by molar-refractivity contribution is 9.10. The predicted octanol–water partition coefficient (Wildman–Crippen LogP) is 2.25. The molecular weight excluding hydrogens is 276 g/mol. The van der Waals surface area contributed by atoms with Gasteiger partial charge >= 0.3 is 0 Å². The lowest BCUT2D eigenvalue weighted by Crippen LogP contribution is -2.03. The van der Waals surface area contributed by atoms with E-state index in [1.807, 2.05) is 0 Å². The summed E-state index contributed by atoms with van der Waals surface area (Å²) in [5.74, 6) is 0.535. The number of hydrogen-bond donors (Lipinski definition) is 0. The Bertz CT molecular complexity index is 539. The summed E-state index contributed by atoms with van der Waals surface area (Å²) < 4.78 is 2.12. The second-order valence-electron chi connectivity index (χ2n) is 3.11. The molecule has 0 radical (unpaired) electrons. The molecule has 16 heavy (non-hydrogen) atoms. The van der Waals surface area contributed by atoms with Crippen molar-refractivity contribution in [2.75, 3.05) is 0 Å². The average Bonchev–Trinajstić information content (AvgIpc) is 2.74.